The third kappa shape index (κ3) is 4.48. The van der Waals surface area contributed by atoms with E-state index in [4.69, 9.17) is 5.26 Å². The minimum atomic E-state index is 0.575. The van der Waals surface area contributed by atoms with Crippen LogP contribution in [-0.4, -0.2) is 19.6 Å². The predicted molar refractivity (Wildman–Crippen MR) is 58.0 cm³/mol. The lowest BCUT2D eigenvalue weighted by Crippen LogP contribution is -2.22. The van der Waals surface area contributed by atoms with Crippen LogP contribution in [0, 0.1) is 11.3 Å². The first-order valence-corrected chi connectivity index (χ1v) is 4.80. The third-order valence-electron chi connectivity index (χ3n) is 1.82. The molecule has 0 aliphatic carbocycles. The molecule has 3 nitrogen and oxygen atoms in total. The van der Waals surface area contributed by atoms with E-state index in [1.807, 2.05) is 30.3 Å². The maximum Gasteiger partial charge on any atom is 0.0635 e. The summed E-state index contributed by atoms with van der Waals surface area (Å²) < 4.78 is 0. The molecule has 0 fully saturated rings. The number of hydrogen-bond acceptors (Lipinski definition) is 3. The lowest BCUT2D eigenvalue weighted by atomic mass is 10.3. The molecule has 3 heteroatoms. The Morgan fingerprint density at radius 1 is 1.07 bits per heavy atom. The zero-order valence-corrected chi connectivity index (χ0v) is 8.16. The highest BCUT2D eigenvalue weighted by Gasteiger charge is 1.88. The number of nitrogens with zero attached hydrogens (tertiary/aromatic N) is 1. The van der Waals surface area contributed by atoms with Gasteiger partial charge in [0.1, 0.15) is 0 Å². The molecule has 2 N–H and O–H groups in total. The Morgan fingerprint density at radius 2 is 1.86 bits per heavy atom. The van der Waals surface area contributed by atoms with Gasteiger partial charge in [-0.25, -0.2) is 0 Å². The molecule has 0 saturated heterocycles. The Balaban J connectivity index is 2.03. The molecule has 0 heterocycles. The zero-order chi connectivity index (χ0) is 10.1. The summed E-state index contributed by atoms with van der Waals surface area (Å²) in [5.41, 5.74) is 1.13. The van der Waals surface area contributed by atoms with Crippen molar-refractivity contribution in [3.8, 4) is 6.07 Å². The monoisotopic (exact) mass is 189 g/mol. The second-order valence-electron chi connectivity index (χ2n) is 2.95. The first kappa shape index (κ1) is 10.6. The van der Waals surface area contributed by atoms with Crippen LogP contribution in [0.4, 0.5) is 5.69 Å². The van der Waals surface area contributed by atoms with E-state index in [0.717, 1.165) is 25.3 Å². The van der Waals surface area contributed by atoms with Gasteiger partial charge in [0.2, 0.25) is 0 Å². The fourth-order valence-corrected chi connectivity index (χ4v) is 1.12. The van der Waals surface area contributed by atoms with Gasteiger partial charge >= 0.3 is 0 Å². The first-order chi connectivity index (χ1) is 6.93. The zero-order valence-electron chi connectivity index (χ0n) is 8.16. The number of hydrogen-bond donors (Lipinski definition) is 2. The minimum absolute atomic E-state index is 0.575. The van der Waals surface area contributed by atoms with Crippen molar-refractivity contribution in [3.63, 3.8) is 0 Å². The molecule has 0 bridgehead atoms. The molecule has 74 valence electrons. The van der Waals surface area contributed by atoms with E-state index in [1.54, 1.807) is 0 Å². The Morgan fingerprint density at radius 3 is 2.57 bits per heavy atom. The summed E-state index contributed by atoms with van der Waals surface area (Å²) in [5.74, 6) is 0. The third-order valence-corrected chi connectivity index (χ3v) is 1.82. The fraction of sp³-hybridized carbons (Fsp3) is 0.364. The number of benzene rings is 1. The fourth-order valence-electron chi connectivity index (χ4n) is 1.12. The van der Waals surface area contributed by atoms with E-state index in [0.29, 0.717) is 6.42 Å². The molecule has 14 heavy (non-hydrogen) atoms. The molecule has 1 rings (SSSR count). The highest BCUT2D eigenvalue weighted by Crippen LogP contribution is 2.03. The van der Waals surface area contributed by atoms with E-state index >= 15 is 0 Å². The van der Waals surface area contributed by atoms with Gasteiger partial charge in [0.05, 0.1) is 6.07 Å². The van der Waals surface area contributed by atoms with Gasteiger partial charge in [0.15, 0.2) is 0 Å². The summed E-state index contributed by atoms with van der Waals surface area (Å²) in [6.45, 7) is 2.54. The van der Waals surface area contributed by atoms with Gasteiger partial charge in [-0.2, -0.15) is 5.26 Å². The van der Waals surface area contributed by atoms with E-state index in [1.165, 1.54) is 0 Å². The van der Waals surface area contributed by atoms with Gasteiger partial charge in [-0.05, 0) is 12.1 Å². The molecule has 1 aromatic rings. The van der Waals surface area contributed by atoms with Crippen molar-refractivity contribution in [2.45, 2.75) is 6.42 Å². The van der Waals surface area contributed by atoms with Crippen LogP contribution >= 0.6 is 0 Å². The summed E-state index contributed by atoms with van der Waals surface area (Å²) in [5, 5.41) is 14.7. The molecular formula is C11H15N3. The quantitative estimate of drug-likeness (QED) is 0.668. The number of rotatable bonds is 6. The van der Waals surface area contributed by atoms with Crippen molar-refractivity contribution in [2.75, 3.05) is 25.0 Å². The van der Waals surface area contributed by atoms with E-state index in [2.05, 4.69) is 16.7 Å². The van der Waals surface area contributed by atoms with Crippen LogP contribution in [0.1, 0.15) is 6.42 Å². The standard InChI is InChI=1S/C11H15N3/c12-7-4-8-13-9-10-14-11-5-2-1-3-6-11/h1-3,5-6,13-14H,4,8-10H2. The van der Waals surface area contributed by atoms with Gasteiger partial charge in [-0.1, -0.05) is 18.2 Å². The number of para-hydroxylation sites is 1. The van der Waals surface area contributed by atoms with Crippen LogP contribution in [0.25, 0.3) is 0 Å². The molecule has 0 amide bonds. The topological polar surface area (TPSA) is 47.9 Å². The van der Waals surface area contributed by atoms with Crippen molar-refractivity contribution in [1.29, 1.82) is 5.26 Å². The van der Waals surface area contributed by atoms with Crippen LogP contribution < -0.4 is 10.6 Å². The SMILES string of the molecule is N#CCCNCCNc1ccccc1. The summed E-state index contributed by atoms with van der Waals surface area (Å²) in [6.07, 6.45) is 0.575. The van der Waals surface area contributed by atoms with Gasteiger partial charge in [-0.3, -0.25) is 0 Å². The summed E-state index contributed by atoms with van der Waals surface area (Å²) >= 11 is 0. The smallest absolute Gasteiger partial charge is 0.0635 e. The van der Waals surface area contributed by atoms with E-state index in [9.17, 15) is 0 Å². The highest BCUT2D eigenvalue weighted by atomic mass is 14.9. The second kappa shape index (κ2) is 6.93. The Labute approximate surface area is 84.7 Å². The van der Waals surface area contributed by atoms with Crippen LogP contribution in [0.5, 0.6) is 0 Å². The van der Waals surface area contributed by atoms with Gasteiger partial charge < -0.3 is 10.6 Å². The van der Waals surface area contributed by atoms with Gasteiger partial charge in [-0.15, -0.1) is 0 Å². The lowest BCUT2D eigenvalue weighted by molar-refractivity contribution is 0.711. The lowest BCUT2D eigenvalue weighted by Gasteiger charge is -2.05. The Kier molecular flexibility index (Phi) is 5.22. The van der Waals surface area contributed by atoms with Gasteiger partial charge in [0, 0.05) is 31.7 Å². The van der Waals surface area contributed by atoms with Crippen molar-refractivity contribution < 1.29 is 0 Å². The maximum absolute atomic E-state index is 8.30. The molecule has 0 saturated carbocycles. The molecule has 0 aliphatic rings. The Hall–Kier alpha value is -1.53. The van der Waals surface area contributed by atoms with Crippen LogP contribution in [-0.2, 0) is 0 Å². The molecule has 0 aliphatic heterocycles. The van der Waals surface area contributed by atoms with Crippen molar-refractivity contribution in [2.24, 2.45) is 0 Å². The molecule has 1 aromatic carbocycles. The molecule has 0 atom stereocenters. The second-order valence-corrected chi connectivity index (χ2v) is 2.95. The molecule has 0 unspecified atom stereocenters. The van der Waals surface area contributed by atoms with Gasteiger partial charge in [0.25, 0.3) is 0 Å². The van der Waals surface area contributed by atoms with Crippen molar-refractivity contribution >= 4 is 5.69 Å². The summed E-state index contributed by atoms with van der Waals surface area (Å²) in [4.78, 5) is 0. The normalized spacial score (nSPS) is 9.36. The molecule has 0 radical (unpaired) electrons. The number of nitrogens with one attached hydrogen (secondary N) is 2. The van der Waals surface area contributed by atoms with Crippen molar-refractivity contribution in [3.05, 3.63) is 30.3 Å². The average Bonchev–Trinajstić information content (AvgIpc) is 2.25. The van der Waals surface area contributed by atoms with Crippen LogP contribution in [0.15, 0.2) is 30.3 Å². The largest absolute Gasteiger partial charge is 0.384 e. The van der Waals surface area contributed by atoms with Crippen LogP contribution in [0.3, 0.4) is 0 Å². The molecule has 0 aromatic heterocycles. The number of nitriles is 1. The highest BCUT2D eigenvalue weighted by molar-refractivity contribution is 5.42. The maximum atomic E-state index is 8.30. The minimum Gasteiger partial charge on any atom is -0.384 e. The Bertz CT molecular complexity index is 276. The summed E-state index contributed by atoms with van der Waals surface area (Å²) in [6, 6.07) is 12.2. The number of anilines is 1. The van der Waals surface area contributed by atoms with Crippen LogP contribution in [0.2, 0.25) is 0 Å². The van der Waals surface area contributed by atoms with Crippen molar-refractivity contribution in [1.82, 2.24) is 5.32 Å². The summed E-state index contributed by atoms with van der Waals surface area (Å²) in [7, 11) is 0. The van der Waals surface area contributed by atoms with E-state index in [-0.39, 0.29) is 0 Å². The molecule has 0 spiro atoms. The average molecular weight is 189 g/mol. The molecular weight excluding hydrogens is 174 g/mol. The van der Waals surface area contributed by atoms with E-state index < -0.39 is 0 Å². The first-order valence-electron chi connectivity index (χ1n) is 4.80. The predicted octanol–water partition coefficient (Wildman–Crippen LogP) is 1.60.